The number of ether oxygens (including phenoxy) is 2. The van der Waals surface area contributed by atoms with E-state index in [1.54, 1.807) is 33.0 Å². The third kappa shape index (κ3) is 8.11. The summed E-state index contributed by atoms with van der Waals surface area (Å²) in [6, 6.07) is 0.127. The number of alkyl carbamates (subject to hydrolysis) is 1. The zero-order chi connectivity index (χ0) is 26.3. The van der Waals surface area contributed by atoms with Crippen LogP contribution in [0.3, 0.4) is 0 Å². The Bertz CT molecular complexity index is 865. The maximum Gasteiger partial charge on any atom is 0.410 e. The van der Waals surface area contributed by atoms with Gasteiger partial charge < -0.3 is 30.1 Å². The number of H-pyrrole nitrogens is 1. The fourth-order valence-corrected chi connectivity index (χ4v) is 4.85. The zero-order valence-corrected chi connectivity index (χ0v) is 21.8. The first-order chi connectivity index (χ1) is 17.1. The normalized spacial score (nSPS) is 21.4. The number of aromatic nitrogens is 2. The van der Waals surface area contributed by atoms with Crippen molar-refractivity contribution in [2.45, 2.75) is 103 Å². The Morgan fingerprint density at radius 3 is 2.58 bits per heavy atom. The molecule has 0 aromatic carbocycles. The van der Waals surface area contributed by atoms with Crippen LogP contribution >= 0.6 is 0 Å². The number of nitrogens with zero attached hydrogens (tertiary/aromatic N) is 2. The highest BCUT2D eigenvalue weighted by Crippen LogP contribution is 2.29. The SMILES string of the molecule is CCN1C[C@@H]([C@H](O)[C@H](CC2CCCCC2)NC(=O)[C@H](Cc2ccn[nH]2)NC(=O)OC(C)(C)C)OC1=O. The number of aromatic amines is 1. The molecule has 0 radical (unpaired) electrons. The van der Waals surface area contributed by atoms with Crippen LogP contribution in [0.2, 0.25) is 0 Å². The molecule has 11 nitrogen and oxygen atoms in total. The largest absolute Gasteiger partial charge is 0.444 e. The smallest absolute Gasteiger partial charge is 0.410 e. The van der Waals surface area contributed by atoms with Gasteiger partial charge in [-0.25, -0.2) is 9.59 Å². The van der Waals surface area contributed by atoms with Gasteiger partial charge in [0.25, 0.3) is 0 Å². The van der Waals surface area contributed by atoms with E-state index >= 15 is 0 Å². The number of likely N-dealkylation sites (N-methyl/N-ethyl adjacent to an activating group) is 1. The van der Waals surface area contributed by atoms with Gasteiger partial charge in [-0.1, -0.05) is 32.1 Å². The number of nitrogens with one attached hydrogen (secondary N) is 3. The summed E-state index contributed by atoms with van der Waals surface area (Å²) in [5.74, 6) is -0.102. The lowest BCUT2D eigenvalue weighted by atomic mass is 9.83. The molecule has 4 N–H and O–H groups in total. The van der Waals surface area contributed by atoms with Crippen LogP contribution in [-0.4, -0.2) is 81.3 Å². The molecule has 0 bridgehead atoms. The third-order valence-corrected chi connectivity index (χ3v) is 6.72. The number of cyclic esters (lactones) is 1. The summed E-state index contributed by atoms with van der Waals surface area (Å²) in [6.45, 7) is 7.83. The first-order valence-electron chi connectivity index (χ1n) is 13.0. The highest BCUT2D eigenvalue weighted by molar-refractivity contribution is 5.86. The second-order valence-corrected chi connectivity index (χ2v) is 10.8. The molecule has 3 amide bonds. The van der Waals surface area contributed by atoms with Crippen molar-refractivity contribution in [1.29, 1.82) is 0 Å². The average molecular weight is 508 g/mol. The van der Waals surface area contributed by atoms with Gasteiger partial charge in [0.15, 0.2) is 0 Å². The Balaban J connectivity index is 1.75. The molecule has 0 unspecified atom stereocenters. The average Bonchev–Trinajstić information content (AvgIpc) is 3.46. The highest BCUT2D eigenvalue weighted by atomic mass is 16.6. The molecule has 11 heteroatoms. The Hall–Kier alpha value is -2.82. The van der Waals surface area contributed by atoms with Gasteiger partial charge in [-0.3, -0.25) is 9.89 Å². The van der Waals surface area contributed by atoms with Crippen molar-refractivity contribution in [3.63, 3.8) is 0 Å². The number of hydrogen-bond donors (Lipinski definition) is 4. The van der Waals surface area contributed by atoms with Crippen molar-refractivity contribution < 1.29 is 29.0 Å². The van der Waals surface area contributed by atoms with E-state index in [-0.39, 0.29) is 13.0 Å². The van der Waals surface area contributed by atoms with Gasteiger partial charge >= 0.3 is 12.2 Å². The molecule has 1 aromatic heterocycles. The van der Waals surface area contributed by atoms with E-state index in [9.17, 15) is 19.5 Å². The quantitative estimate of drug-likeness (QED) is 0.381. The summed E-state index contributed by atoms with van der Waals surface area (Å²) >= 11 is 0. The number of hydrogen-bond acceptors (Lipinski definition) is 7. The summed E-state index contributed by atoms with van der Waals surface area (Å²) in [5.41, 5.74) is -0.0602. The van der Waals surface area contributed by atoms with Crippen molar-refractivity contribution in [2.24, 2.45) is 5.92 Å². The predicted octanol–water partition coefficient (Wildman–Crippen LogP) is 2.50. The minimum Gasteiger partial charge on any atom is -0.444 e. The standard InChI is InChI=1S/C25H41N5O6/c1-5-30-15-20(35-24(30)34)21(31)18(13-16-9-7-6-8-10-16)27-22(32)19(14-17-11-12-26-29-17)28-23(33)36-25(2,3)4/h11-12,16,18-21,31H,5-10,13-15H2,1-4H3,(H,26,29)(H,27,32)(H,28,33)/t18-,19-,20-,21+/m0/s1. The second-order valence-electron chi connectivity index (χ2n) is 10.8. The van der Waals surface area contributed by atoms with Crippen LogP contribution < -0.4 is 10.6 Å². The summed E-state index contributed by atoms with van der Waals surface area (Å²) in [6.07, 6.45) is 4.78. The van der Waals surface area contributed by atoms with E-state index in [2.05, 4.69) is 20.8 Å². The predicted molar refractivity (Wildman–Crippen MR) is 132 cm³/mol. The summed E-state index contributed by atoms with van der Waals surface area (Å²) in [4.78, 5) is 39.6. The van der Waals surface area contributed by atoms with Crippen molar-refractivity contribution in [2.75, 3.05) is 13.1 Å². The zero-order valence-electron chi connectivity index (χ0n) is 21.8. The summed E-state index contributed by atoms with van der Waals surface area (Å²) in [7, 11) is 0. The van der Waals surface area contributed by atoms with E-state index in [0.29, 0.717) is 24.6 Å². The molecule has 2 heterocycles. The fourth-order valence-electron chi connectivity index (χ4n) is 4.85. The number of aliphatic hydroxyl groups excluding tert-OH is 1. The number of aliphatic hydroxyl groups is 1. The maximum absolute atomic E-state index is 13.5. The van der Waals surface area contributed by atoms with Crippen LogP contribution in [0.4, 0.5) is 9.59 Å². The molecule has 1 saturated heterocycles. The molecule has 2 fully saturated rings. The minimum absolute atomic E-state index is 0.166. The maximum atomic E-state index is 13.5. The van der Waals surface area contributed by atoms with Crippen LogP contribution in [0.5, 0.6) is 0 Å². The summed E-state index contributed by atoms with van der Waals surface area (Å²) in [5, 5.41) is 23.6. The van der Waals surface area contributed by atoms with Crippen LogP contribution in [0.1, 0.15) is 71.9 Å². The monoisotopic (exact) mass is 507 g/mol. The van der Waals surface area contributed by atoms with E-state index in [1.165, 1.54) is 11.3 Å². The van der Waals surface area contributed by atoms with Crippen molar-refractivity contribution in [3.05, 3.63) is 18.0 Å². The second kappa shape index (κ2) is 12.4. The molecular weight excluding hydrogens is 466 g/mol. The number of carbonyl (C=O) groups is 3. The molecular formula is C25H41N5O6. The number of rotatable bonds is 10. The fraction of sp³-hybridized carbons (Fsp3) is 0.760. The molecule has 1 aliphatic carbocycles. The van der Waals surface area contributed by atoms with Crippen LogP contribution in [0.15, 0.2) is 12.3 Å². The first kappa shape index (κ1) is 27.8. The first-order valence-corrected chi connectivity index (χ1v) is 13.0. The minimum atomic E-state index is -1.08. The molecule has 1 aromatic rings. The molecule has 4 atom stereocenters. The van der Waals surface area contributed by atoms with Crippen LogP contribution in [0, 0.1) is 5.92 Å². The van der Waals surface area contributed by atoms with E-state index in [4.69, 9.17) is 9.47 Å². The Labute approximate surface area is 212 Å². The van der Waals surface area contributed by atoms with E-state index in [1.807, 2.05) is 6.92 Å². The van der Waals surface area contributed by atoms with Crippen LogP contribution in [0.25, 0.3) is 0 Å². The Morgan fingerprint density at radius 1 is 1.28 bits per heavy atom. The number of carbonyl (C=O) groups excluding carboxylic acids is 3. The van der Waals surface area contributed by atoms with Gasteiger partial charge in [0.05, 0.1) is 12.6 Å². The lowest BCUT2D eigenvalue weighted by Gasteiger charge is -2.33. The van der Waals surface area contributed by atoms with Crippen molar-refractivity contribution >= 4 is 18.1 Å². The molecule has 3 rings (SSSR count). The van der Waals surface area contributed by atoms with Crippen LogP contribution in [-0.2, 0) is 20.7 Å². The van der Waals surface area contributed by atoms with E-state index in [0.717, 1.165) is 25.7 Å². The molecule has 2 aliphatic rings. The Morgan fingerprint density at radius 2 is 2.00 bits per heavy atom. The molecule has 1 saturated carbocycles. The Kier molecular flexibility index (Phi) is 9.58. The lowest BCUT2D eigenvalue weighted by molar-refractivity contribution is -0.125. The van der Waals surface area contributed by atoms with Crippen molar-refractivity contribution in [3.8, 4) is 0 Å². The summed E-state index contributed by atoms with van der Waals surface area (Å²) < 4.78 is 10.8. The molecule has 1 aliphatic heterocycles. The van der Waals surface area contributed by atoms with Gasteiger partial charge in [0, 0.05) is 24.9 Å². The van der Waals surface area contributed by atoms with Gasteiger partial charge in [0.2, 0.25) is 5.91 Å². The van der Waals surface area contributed by atoms with Gasteiger partial charge in [-0.15, -0.1) is 0 Å². The van der Waals surface area contributed by atoms with Gasteiger partial charge in [-0.2, -0.15) is 5.10 Å². The molecule has 0 spiro atoms. The van der Waals surface area contributed by atoms with Crippen molar-refractivity contribution in [1.82, 2.24) is 25.7 Å². The topological polar surface area (TPSA) is 146 Å². The lowest BCUT2D eigenvalue weighted by Crippen LogP contribution is -2.56. The van der Waals surface area contributed by atoms with Gasteiger partial charge in [0.1, 0.15) is 23.9 Å². The van der Waals surface area contributed by atoms with E-state index < -0.39 is 48.0 Å². The highest BCUT2D eigenvalue weighted by Gasteiger charge is 2.40. The molecule has 202 valence electrons. The molecule has 36 heavy (non-hydrogen) atoms. The van der Waals surface area contributed by atoms with Gasteiger partial charge in [-0.05, 0) is 46.1 Å². The number of amides is 3. The third-order valence-electron chi connectivity index (χ3n) is 6.72.